The van der Waals surface area contributed by atoms with E-state index in [0.717, 1.165) is 0 Å². The Bertz CT molecular complexity index is 704. The summed E-state index contributed by atoms with van der Waals surface area (Å²) in [6, 6.07) is 4.83. The molecule has 0 saturated carbocycles. The van der Waals surface area contributed by atoms with Crippen LogP contribution in [0.25, 0.3) is 0 Å². The number of amides is 1. The van der Waals surface area contributed by atoms with Gasteiger partial charge < -0.3 is 14.2 Å². The van der Waals surface area contributed by atoms with Gasteiger partial charge >= 0.3 is 0 Å². The standard InChI is InChI=1S/C14H13Cl2N3O3/c1-8-17-13(18-22-8)12-7-19(4-5-21-12)14(20)9-2-3-10(15)11(16)6-9/h2-3,6,12H,4-5,7H2,1H3/t12-/m1/s1. The smallest absolute Gasteiger partial charge is 0.254 e. The number of halogens is 2. The molecule has 1 aromatic carbocycles. The van der Waals surface area contributed by atoms with Crippen molar-refractivity contribution in [1.29, 1.82) is 0 Å². The lowest BCUT2D eigenvalue weighted by molar-refractivity contribution is -0.0276. The van der Waals surface area contributed by atoms with E-state index in [1.54, 1.807) is 30.0 Å². The van der Waals surface area contributed by atoms with Crippen LogP contribution in [0.2, 0.25) is 10.0 Å². The number of rotatable bonds is 2. The van der Waals surface area contributed by atoms with Crippen molar-refractivity contribution >= 4 is 29.1 Å². The van der Waals surface area contributed by atoms with Crippen LogP contribution in [-0.2, 0) is 4.74 Å². The summed E-state index contributed by atoms with van der Waals surface area (Å²) in [6.07, 6.45) is -0.391. The first-order valence-electron chi connectivity index (χ1n) is 6.71. The monoisotopic (exact) mass is 341 g/mol. The third-order valence-corrected chi connectivity index (χ3v) is 4.09. The molecule has 0 N–H and O–H groups in total. The molecular formula is C14H13Cl2N3O3. The molecule has 2 aromatic rings. The highest BCUT2D eigenvalue weighted by atomic mass is 35.5. The van der Waals surface area contributed by atoms with Crippen LogP contribution in [0.15, 0.2) is 22.7 Å². The van der Waals surface area contributed by atoms with Crippen LogP contribution in [-0.4, -0.2) is 40.6 Å². The average Bonchev–Trinajstić information content (AvgIpc) is 2.96. The molecule has 1 aromatic heterocycles. The minimum Gasteiger partial charge on any atom is -0.366 e. The second-order valence-corrected chi connectivity index (χ2v) is 5.73. The number of aryl methyl sites for hydroxylation is 1. The number of benzene rings is 1. The van der Waals surface area contributed by atoms with Crippen LogP contribution in [0, 0.1) is 6.92 Å². The number of morpholine rings is 1. The van der Waals surface area contributed by atoms with E-state index < -0.39 is 6.10 Å². The Hall–Kier alpha value is -1.63. The van der Waals surface area contributed by atoms with Crippen molar-refractivity contribution in [2.24, 2.45) is 0 Å². The van der Waals surface area contributed by atoms with E-state index >= 15 is 0 Å². The van der Waals surface area contributed by atoms with Gasteiger partial charge in [0.25, 0.3) is 5.91 Å². The zero-order valence-electron chi connectivity index (χ0n) is 11.8. The summed E-state index contributed by atoms with van der Waals surface area (Å²) < 4.78 is 10.6. The molecule has 2 heterocycles. The summed E-state index contributed by atoms with van der Waals surface area (Å²) >= 11 is 11.8. The highest BCUT2D eigenvalue weighted by molar-refractivity contribution is 6.42. The molecule has 116 valence electrons. The fourth-order valence-corrected chi connectivity index (χ4v) is 2.55. The number of nitrogens with zero attached hydrogens (tertiary/aromatic N) is 3. The van der Waals surface area contributed by atoms with Crippen LogP contribution in [0.4, 0.5) is 0 Å². The van der Waals surface area contributed by atoms with Gasteiger partial charge in [-0.15, -0.1) is 0 Å². The van der Waals surface area contributed by atoms with Gasteiger partial charge in [-0.25, -0.2) is 0 Å². The maximum Gasteiger partial charge on any atom is 0.254 e. The van der Waals surface area contributed by atoms with Crippen molar-refractivity contribution in [3.05, 3.63) is 45.5 Å². The van der Waals surface area contributed by atoms with Crippen LogP contribution in [0.5, 0.6) is 0 Å². The van der Waals surface area contributed by atoms with E-state index in [4.69, 9.17) is 32.5 Å². The molecule has 0 unspecified atom stereocenters. The Labute approximate surface area is 136 Å². The lowest BCUT2D eigenvalue weighted by Gasteiger charge is -2.31. The van der Waals surface area contributed by atoms with E-state index in [1.165, 1.54) is 0 Å². The number of ether oxygens (including phenoxy) is 1. The Balaban J connectivity index is 1.76. The third-order valence-electron chi connectivity index (χ3n) is 3.35. The Morgan fingerprint density at radius 3 is 2.86 bits per heavy atom. The maximum absolute atomic E-state index is 12.5. The predicted molar refractivity (Wildman–Crippen MR) is 80.1 cm³/mol. The van der Waals surface area contributed by atoms with E-state index in [9.17, 15) is 4.79 Å². The van der Waals surface area contributed by atoms with Gasteiger partial charge in [0.05, 0.1) is 23.2 Å². The molecule has 6 nitrogen and oxygen atoms in total. The largest absolute Gasteiger partial charge is 0.366 e. The summed E-state index contributed by atoms with van der Waals surface area (Å²) in [5, 5.41) is 4.61. The van der Waals surface area contributed by atoms with Crippen LogP contribution >= 0.6 is 23.2 Å². The molecule has 1 saturated heterocycles. The van der Waals surface area contributed by atoms with Gasteiger partial charge in [0.15, 0.2) is 0 Å². The summed E-state index contributed by atoms with van der Waals surface area (Å²) in [4.78, 5) is 18.4. The molecule has 0 bridgehead atoms. The minimum absolute atomic E-state index is 0.132. The van der Waals surface area contributed by atoms with Gasteiger partial charge in [-0.05, 0) is 18.2 Å². The quantitative estimate of drug-likeness (QED) is 0.839. The molecule has 0 spiro atoms. The zero-order chi connectivity index (χ0) is 15.7. The SMILES string of the molecule is Cc1nc([C@H]2CN(C(=O)c3ccc(Cl)c(Cl)c3)CCO2)no1. The van der Waals surface area contributed by atoms with Crippen LogP contribution < -0.4 is 0 Å². The number of hydrogen-bond donors (Lipinski definition) is 0. The number of aromatic nitrogens is 2. The normalized spacial score (nSPS) is 18.5. The molecular weight excluding hydrogens is 329 g/mol. The molecule has 22 heavy (non-hydrogen) atoms. The van der Waals surface area contributed by atoms with Crippen LogP contribution in [0.3, 0.4) is 0 Å². The van der Waals surface area contributed by atoms with Crippen molar-refractivity contribution in [2.75, 3.05) is 19.7 Å². The topological polar surface area (TPSA) is 68.5 Å². The minimum atomic E-state index is -0.391. The van der Waals surface area contributed by atoms with Gasteiger partial charge in [-0.1, -0.05) is 28.4 Å². The zero-order valence-corrected chi connectivity index (χ0v) is 13.3. The first-order chi connectivity index (χ1) is 10.5. The summed E-state index contributed by atoms with van der Waals surface area (Å²) in [5.74, 6) is 0.780. The number of carbonyl (C=O) groups excluding carboxylic acids is 1. The molecule has 1 atom stereocenters. The van der Waals surface area contributed by atoms with E-state index in [1.807, 2.05) is 0 Å². The van der Waals surface area contributed by atoms with Gasteiger partial charge in [0, 0.05) is 19.0 Å². The fourth-order valence-electron chi connectivity index (χ4n) is 2.25. The summed E-state index contributed by atoms with van der Waals surface area (Å²) in [6.45, 7) is 2.97. The fraction of sp³-hybridized carbons (Fsp3) is 0.357. The van der Waals surface area contributed by atoms with Crippen molar-refractivity contribution < 1.29 is 14.1 Å². The van der Waals surface area contributed by atoms with Crippen LogP contribution in [0.1, 0.15) is 28.2 Å². The number of carbonyl (C=O) groups is 1. The molecule has 0 radical (unpaired) electrons. The lowest BCUT2D eigenvalue weighted by atomic mass is 10.1. The molecule has 1 aliphatic heterocycles. The van der Waals surface area contributed by atoms with Gasteiger partial charge in [-0.2, -0.15) is 4.98 Å². The second kappa shape index (κ2) is 6.24. The predicted octanol–water partition coefficient (Wildman–Crippen LogP) is 2.90. The van der Waals surface area contributed by atoms with Crippen molar-refractivity contribution in [1.82, 2.24) is 15.0 Å². The number of hydrogen-bond acceptors (Lipinski definition) is 5. The molecule has 0 aliphatic carbocycles. The van der Waals surface area contributed by atoms with Crippen molar-refractivity contribution in [3.63, 3.8) is 0 Å². The highest BCUT2D eigenvalue weighted by Crippen LogP contribution is 2.25. The molecule has 8 heteroatoms. The Morgan fingerprint density at radius 2 is 2.18 bits per heavy atom. The van der Waals surface area contributed by atoms with Crippen molar-refractivity contribution in [3.8, 4) is 0 Å². The second-order valence-electron chi connectivity index (χ2n) is 4.91. The van der Waals surface area contributed by atoms with E-state index in [0.29, 0.717) is 47.0 Å². The maximum atomic E-state index is 12.5. The first-order valence-corrected chi connectivity index (χ1v) is 7.46. The van der Waals surface area contributed by atoms with Gasteiger partial charge in [-0.3, -0.25) is 4.79 Å². The Morgan fingerprint density at radius 1 is 1.36 bits per heavy atom. The summed E-state index contributed by atoms with van der Waals surface area (Å²) in [5.41, 5.74) is 0.486. The van der Waals surface area contributed by atoms with E-state index in [2.05, 4.69) is 10.1 Å². The highest BCUT2D eigenvalue weighted by Gasteiger charge is 2.29. The van der Waals surface area contributed by atoms with Crippen molar-refractivity contribution in [2.45, 2.75) is 13.0 Å². The Kier molecular flexibility index (Phi) is 4.33. The molecule has 3 rings (SSSR count). The summed E-state index contributed by atoms with van der Waals surface area (Å²) in [7, 11) is 0. The molecule has 1 amide bonds. The van der Waals surface area contributed by atoms with E-state index in [-0.39, 0.29) is 5.91 Å². The van der Waals surface area contributed by atoms with Gasteiger partial charge in [0.2, 0.25) is 11.7 Å². The first kappa shape index (κ1) is 15.3. The van der Waals surface area contributed by atoms with Gasteiger partial charge in [0.1, 0.15) is 6.10 Å². The molecule has 1 aliphatic rings. The lowest BCUT2D eigenvalue weighted by Crippen LogP contribution is -2.42. The molecule has 1 fully saturated rings. The average molecular weight is 342 g/mol. The third kappa shape index (κ3) is 3.09.